The summed E-state index contributed by atoms with van der Waals surface area (Å²) >= 11 is 0. The van der Waals surface area contributed by atoms with Crippen molar-refractivity contribution in [3.8, 4) is 0 Å². The molecule has 2 rings (SSSR count). The summed E-state index contributed by atoms with van der Waals surface area (Å²) in [4.78, 5) is 3.74. The van der Waals surface area contributed by atoms with E-state index in [9.17, 15) is 22.7 Å². The van der Waals surface area contributed by atoms with Crippen LogP contribution in [0.5, 0.6) is 0 Å². The van der Waals surface area contributed by atoms with Crippen LogP contribution in [-0.2, 0) is 6.18 Å². The van der Waals surface area contributed by atoms with Gasteiger partial charge in [-0.15, -0.1) is 0 Å². The van der Waals surface area contributed by atoms with Gasteiger partial charge in [-0.25, -0.2) is 4.39 Å². The third-order valence-electron chi connectivity index (χ3n) is 2.63. The van der Waals surface area contributed by atoms with Crippen molar-refractivity contribution < 1.29 is 22.7 Å². The van der Waals surface area contributed by atoms with Crippen molar-refractivity contribution >= 4 is 0 Å². The van der Waals surface area contributed by atoms with Crippen LogP contribution >= 0.6 is 0 Å². The molecule has 2 aromatic rings. The van der Waals surface area contributed by atoms with Crippen molar-refractivity contribution in [2.75, 3.05) is 0 Å². The topological polar surface area (TPSA) is 33.1 Å². The van der Waals surface area contributed by atoms with Crippen molar-refractivity contribution in [1.29, 1.82) is 0 Å². The van der Waals surface area contributed by atoms with Gasteiger partial charge in [0.2, 0.25) is 0 Å². The molecule has 1 heterocycles. The molecule has 2 nitrogen and oxygen atoms in total. The van der Waals surface area contributed by atoms with Crippen LogP contribution in [0.15, 0.2) is 42.7 Å². The molecule has 1 aromatic heterocycles. The highest BCUT2D eigenvalue weighted by Crippen LogP contribution is 2.34. The Hall–Kier alpha value is -1.95. The van der Waals surface area contributed by atoms with Gasteiger partial charge in [0.25, 0.3) is 0 Å². The molecule has 0 saturated heterocycles. The third-order valence-corrected chi connectivity index (χ3v) is 2.63. The minimum Gasteiger partial charge on any atom is -0.384 e. The zero-order valence-corrected chi connectivity index (χ0v) is 9.53. The van der Waals surface area contributed by atoms with Crippen LogP contribution < -0.4 is 0 Å². The first kappa shape index (κ1) is 13.5. The molecule has 1 atom stereocenters. The number of aliphatic hydroxyl groups is 1. The fourth-order valence-corrected chi connectivity index (χ4v) is 1.67. The second kappa shape index (κ2) is 4.97. The van der Waals surface area contributed by atoms with Gasteiger partial charge in [-0.3, -0.25) is 4.98 Å². The molecule has 100 valence electrons. The quantitative estimate of drug-likeness (QED) is 0.850. The van der Waals surface area contributed by atoms with Crippen molar-refractivity contribution in [3.63, 3.8) is 0 Å². The first-order chi connectivity index (χ1) is 8.89. The molecule has 1 aromatic carbocycles. The Balaban J connectivity index is 2.42. The lowest BCUT2D eigenvalue weighted by atomic mass is 10.00. The Morgan fingerprint density at radius 1 is 1.00 bits per heavy atom. The Morgan fingerprint density at radius 3 is 2.21 bits per heavy atom. The normalized spacial score (nSPS) is 13.3. The lowest BCUT2D eigenvalue weighted by Crippen LogP contribution is -2.10. The summed E-state index contributed by atoms with van der Waals surface area (Å²) in [5.41, 5.74) is -1.03. The van der Waals surface area contributed by atoms with Crippen LogP contribution in [0.3, 0.4) is 0 Å². The highest BCUT2D eigenvalue weighted by Gasteiger charge is 2.34. The monoisotopic (exact) mass is 271 g/mol. The molecule has 0 radical (unpaired) electrons. The number of halogens is 4. The predicted octanol–water partition coefficient (Wildman–Crippen LogP) is 3.32. The average Bonchev–Trinajstić information content (AvgIpc) is 2.38. The number of pyridine rings is 1. The molecule has 1 N–H and O–H groups in total. The maximum Gasteiger partial charge on any atom is 0.419 e. The summed E-state index contributed by atoms with van der Waals surface area (Å²) in [5, 5.41) is 9.96. The van der Waals surface area contributed by atoms with E-state index in [0.717, 1.165) is 6.07 Å². The highest BCUT2D eigenvalue weighted by molar-refractivity contribution is 5.33. The molecule has 1 unspecified atom stereocenters. The molecular weight excluding hydrogens is 262 g/mol. The molecule has 0 spiro atoms. The van der Waals surface area contributed by atoms with Gasteiger partial charge in [-0.2, -0.15) is 13.2 Å². The number of alkyl halides is 3. The van der Waals surface area contributed by atoms with E-state index in [-0.39, 0.29) is 5.56 Å². The predicted molar refractivity (Wildman–Crippen MR) is 59.7 cm³/mol. The number of hydrogen-bond donors (Lipinski definition) is 1. The molecule has 0 fully saturated rings. The largest absolute Gasteiger partial charge is 0.419 e. The highest BCUT2D eigenvalue weighted by atomic mass is 19.4. The fraction of sp³-hybridized carbons (Fsp3) is 0.154. The van der Waals surface area contributed by atoms with E-state index in [1.165, 1.54) is 24.5 Å². The average molecular weight is 271 g/mol. The molecular formula is C13H9F4NO. The molecule has 0 aliphatic carbocycles. The summed E-state index contributed by atoms with van der Waals surface area (Å²) in [7, 11) is 0. The first-order valence-corrected chi connectivity index (χ1v) is 5.34. The van der Waals surface area contributed by atoms with Crippen molar-refractivity contribution in [2.45, 2.75) is 12.3 Å². The number of benzene rings is 1. The smallest absolute Gasteiger partial charge is 0.384 e. The molecule has 0 saturated carbocycles. The third kappa shape index (κ3) is 2.90. The van der Waals surface area contributed by atoms with Crippen molar-refractivity contribution in [1.82, 2.24) is 4.98 Å². The van der Waals surface area contributed by atoms with E-state index in [1.807, 2.05) is 0 Å². The van der Waals surface area contributed by atoms with Gasteiger partial charge in [0.05, 0.1) is 5.56 Å². The zero-order chi connectivity index (χ0) is 14.0. The van der Waals surface area contributed by atoms with Gasteiger partial charge in [0.15, 0.2) is 0 Å². The molecule has 0 amide bonds. The summed E-state index contributed by atoms with van der Waals surface area (Å²) < 4.78 is 50.8. The lowest BCUT2D eigenvalue weighted by molar-refractivity contribution is -0.140. The van der Waals surface area contributed by atoms with Crippen LogP contribution in [0.25, 0.3) is 0 Å². The fourth-order valence-electron chi connectivity index (χ4n) is 1.67. The summed E-state index contributed by atoms with van der Waals surface area (Å²) in [6.45, 7) is 0. The van der Waals surface area contributed by atoms with Gasteiger partial charge in [-0.05, 0) is 35.4 Å². The summed E-state index contributed by atoms with van der Waals surface area (Å²) in [6.07, 6.45) is -3.23. The standard InChI is InChI=1S/C13H9F4NO/c14-11-2-1-9(7-10(11)13(15,16)17)12(19)8-3-5-18-6-4-8/h1-7,12,19H. The van der Waals surface area contributed by atoms with E-state index in [0.29, 0.717) is 17.7 Å². The summed E-state index contributed by atoms with van der Waals surface area (Å²) in [6, 6.07) is 5.38. The second-order valence-corrected chi connectivity index (χ2v) is 3.92. The van der Waals surface area contributed by atoms with Crippen LogP contribution in [0.4, 0.5) is 17.6 Å². The minimum atomic E-state index is -4.79. The minimum absolute atomic E-state index is 0.0278. The van der Waals surface area contributed by atoms with Crippen LogP contribution in [-0.4, -0.2) is 10.1 Å². The van der Waals surface area contributed by atoms with Gasteiger partial charge in [0.1, 0.15) is 11.9 Å². The van der Waals surface area contributed by atoms with E-state index < -0.39 is 23.7 Å². The van der Waals surface area contributed by atoms with E-state index in [1.54, 1.807) is 0 Å². The van der Waals surface area contributed by atoms with Gasteiger partial charge >= 0.3 is 6.18 Å². The Kier molecular flexibility index (Phi) is 3.53. The molecule has 0 aliphatic rings. The Labute approximate surface area is 106 Å². The molecule has 0 bridgehead atoms. The van der Waals surface area contributed by atoms with Gasteiger partial charge in [0, 0.05) is 12.4 Å². The second-order valence-electron chi connectivity index (χ2n) is 3.92. The number of aromatic nitrogens is 1. The van der Waals surface area contributed by atoms with Crippen molar-refractivity contribution in [3.05, 3.63) is 65.2 Å². The first-order valence-electron chi connectivity index (χ1n) is 5.34. The van der Waals surface area contributed by atoms with Crippen LogP contribution in [0, 0.1) is 5.82 Å². The number of hydrogen-bond acceptors (Lipinski definition) is 2. The molecule has 0 aliphatic heterocycles. The number of aliphatic hydroxyl groups excluding tert-OH is 1. The number of nitrogens with zero attached hydrogens (tertiary/aromatic N) is 1. The SMILES string of the molecule is OC(c1ccncc1)c1ccc(F)c(C(F)(F)F)c1. The van der Waals surface area contributed by atoms with E-state index in [2.05, 4.69) is 4.98 Å². The van der Waals surface area contributed by atoms with Gasteiger partial charge < -0.3 is 5.11 Å². The lowest BCUT2D eigenvalue weighted by Gasteiger charge is -2.14. The van der Waals surface area contributed by atoms with Crippen LogP contribution in [0.1, 0.15) is 22.8 Å². The van der Waals surface area contributed by atoms with E-state index >= 15 is 0 Å². The van der Waals surface area contributed by atoms with Crippen LogP contribution in [0.2, 0.25) is 0 Å². The summed E-state index contributed by atoms with van der Waals surface area (Å²) in [5.74, 6) is -1.36. The Morgan fingerprint density at radius 2 is 1.63 bits per heavy atom. The van der Waals surface area contributed by atoms with Crippen molar-refractivity contribution in [2.24, 2.45) is 0 Å². The molecule has 19 heavy (non-hydrogen) atoms. The van der Waals surface area contributed by atoms with E-state index in [4.69, 9.17) is 0 Å². The maximum absolute atomic E-state index is 13.1. The Bertz CT molecular complexity index is 569. The maximum atomic E-state index is 13.1. The zero-order valence-electron chi connectivity index (χ0n) is 9.53. The molecule has 6 heteroatoms. The number of rotatable bonds is 2. The van der Waals surface area contributed by atoms with Gasteiger partial charge in [-0.1, -0.05) is 6.07 Å².